The normalized spacial score (nSPS) is 20.3. The smallest absolute Gasteiger partial charge is 0.398 e. The summed E-state index contributed by atoms with van der Waals surface area (Å²) >= 11 is 11.9. The van der Waals surface area contributed by atoms with E-state index in [4.69, 9.17) is 33.8 Å². The van der Waals surface area contributed by atoms with Crippen LogP contribution in [0.25, 0.3) is 0 Å². The molecule has 0 bridgehead atoms. The molecule has 2 aromatic rings. The van der Waals surface area contributed by atoms with Crippen LogP contribution in [0.3, 0.4) is 0 Å². The lowest BCUT2D eigenvalue weighted by atomic mass is 9.85. The van der Waals surface area contributed by atoms with E-state index in [0.717, 1.165) is 5.56 Å². The van der Waals surface area contributed by atoms with E-state index in [-0.39, 0.29) is 21.3 Å². The first-order valence-electron chi connectivity index (χ1n) is 7.29. The van der Waals surface area contributed by atoms with E-state index < -0.39 is 18.2 Å². The van der Waals surface area contributed by atoms with Gasteiger partial charge in [0, 0.05) is 21.3 Å². The van der Waals surface area contributed by atoms with Crippen LogP contribution in [0.5, 0.6) is 0 Å². The third kappa shape index (κ3) is 3.55. The van der Waals surface area contributed by atoms with Crippen molar-refractivity contribution in [3.8, 4) is 0 Å². The number of nitrogens with two attached hydrogens (primary N) is 1. The van der Waals surface area contributed by atoms with Crippen LogP contribution in [0.4, 0.5) is 18.9 Å². The van der Waals surface area contributed by atoms with Crippen molar-refractivity contribution in [2.45, 2.75) is 25.1 Å². The quantitative estimate of drug-likeness (QED) is 0.706. The van der Waals surface area contributed by atoms with E-state index in [1.165, 1.54) is 18.2 Å². The van der Waals surface area contributed by atoms with Crippen molar-refractivity contribution in [1.29, 1.82) is 0 Å². The average molecular weight is 389 g/mol. The van der Waals surface area contributed by atoms with Crippen LogP contribution in [0.1, 0.15) is 22.6 Å². The Bertz CT molecular complexity index is 832. The molecule has 1 aliphatic rings. The lowest BCUT2D eigenvalue weighted by molar-refractivity contribution is -0.216. The first-order valence-corrected chi connectivity index (χ1v) is 8.05. The van der Waals surface area contributed by atoms with Crippen molar-refractivity contribution in [3.05, 3.63) is 63.1 Å². The van der Waals surface area contributed by atoms with Crippen molar-refractivity contribution in [3.63, 3.8) is 0 Å². The number of rotatable bonds is 2. The summed E-state index contributed by atoms with van der Waals surface area (Å²) in [4.78, 5) is 4.74. The van der Waals surface area contributed by atoms with Crippen molar-refractivity contribution in [2.75, 3.05) is 5.73 Å². The van der Waals surface area contributed by atoms with Crippen molar-refractivity contribution in [1.82, 2.24) is 0 Å². The number of halogens is 5. The number of nitrogens with zero attached hydrogens (tertiary/aromatic N) is 1. The zero-order valence-corrected chi connectivity index (χ0v) is 14.5. The number of hydrogen-bond acceptors (Lipinski definition) is 3. The summed E-state index contributed by atoms with van der Waals surface area (Å²) in [7, 11) is 0. The lowest BCUT2D eigenvalue weighted by Crippen LogP contribution is -2.35. The molecule has 1 unspecified atom stereocenters. The molecule has 0 radical (unpaired) electrons. The Labute approximate surface area is 152 Å². The monoisotopic (exact) mass is 388 g/mol. The largest absolute Gasteiger partial charge is 0.429 e. The highest BCUT2D eigenvalue weighted by Crippen LogP contribution is 2.42. The molecule has 0 saturated heterocycles. The van der Waals surface area contributed by atoms with Gasteiger partial charge in [-0.15, -0.1) is 0 Å². The third-order valence-corrected chi connectivity index (χ3v) is 4.44. The zero-order valence-electron chi connectivity index (χ0n) is 12.9. The van der Waals surface area contributed by atoms with Gasteiger partial charge in [-0.2, -0.15) is 13.2 Å². The Morgan fingerprint density at radius 3 is 2.28 bits per heavy atom. The molecule has 0 aromatic heterocycles. The second-order valence-corrected chi connectivity index (χ2v) is 6.67. The topological polar surface area (TPSA) is 47.6 Å². The number of hydrogen-bond donors (Lipinski definition) is 1. The van der Waals surface area contributed by atoms with Crippen LogP contribution in [-0.4, -0.2) is 18.0 Å². The van der Waals surface area contributed by atoms with Gasteiger partial charge < -0.3 is 10.6 Å². The summed E-state index contributed by atoms with van der Waals surface area (Å²) in [6, 6.07) is 9.26. The summed E-state index contributed by atoms with van der Waals surface area (Å²) in [5.41, 5.74) is 8.02. The van der Waals surface area contributed by atoms with Gasteiger partial charge in [0.05, 0.1) is 11.6 Å². The van der Waals surface area contributed by atoms with Gasteiger partial charge in [-0.3, -0.25) is 0 Å². The van der Waals surface area contributed by atoms with Gasteiger partial charge in [-0.05, 0) is 42.3 Å². The van der Waals surface area contributed by atoms with E-state index in [1.54, 1.807) is 25.1 Å². The van der Waals surface area contributed by atoms with Gasteiger partial charge in [-0.25, -0.2) is 0 Å². The Balaban J connectivity index is 2.12. The second kappa shape index (κ2) is 6.42. The van der Waals surface area contributed by atoms with E-state index in [0.29, 0.717) is 11.3 Å². The third-order valence-electron chi connectivity index (χ3n) is 4.00. The molecule has 3 nitrogen and oxygen atoms in total. The van der Waals surface area contributed by atoms with Crippen LogP contribution < -0.4 is 5.73 Å². The minimum atomic E-state index is -4.61. The molecule has 2 atom stereocenters. The molecule has 0 amide bonds. The molecular formula is C17H13Cl2F3N2O. The summed E-state index contributed by atoms with van der Waals surface area (Å²) in [5, 5.41) is 4.17. The van der Waals surface area contributed by atoms with Gasteiger partial charge in [0.15, 0.2) is 0 Å². The number of nitrogen functional groups attached to an aromatic ring is 1. The van der Waals surface area contributed by atoms with E-state index in [1.807, 2.05) is 0 Å². The summed E-state index contributed by atoms with van der Waals surface area (Å²) < 4.78 is 40.3. The van der Waals surface area contributed by atoms with Crippen LogP contribution in [0.15, 0.2) is 41.6 Å². The first kappa shape index (κ1) is 17.9. The van der Waals surface area contributed by atoms with Crippen LogP contribution >= 0.6 is 23.2 Å². The molecule has 0 aliphatic carbocycles. The van der Waals surface area contributed by atoms with E-state index in [2.05, 4.69) is 5.16 Å². The molecule has 0 saturated carbocycles. The average Bonchev–Trinajstić information content (AvgIpc) is 2.94. The summed E-state index contributed by atoms with van der Waals surface area (Å²) in [6.07, 6.45) is -6.74. The molecule has 2 N–H and O–H groups in total. The van der Waals surface area contributed by atoms with E-state index >= 15 is 0 Å². The van der Waals surface area contributed by atoms with Crippen LogP contribution in [0.2, 0.25) is 10.0 Å². The minimum absolute atomic E-state index is 0.132. The maximum atomic E-state index is 13.4. The SMILES string of the molecule is Cc1ccc(C2=NO[C@H](C(F)(F)F)C2c2cc(Cl)cc(Cl)c2)cc1N. The molecule has 8 heteroatoms. The number of aryl methyl sites for hydroxylation is 1. The van der Waals surface area contributed by atoms with Gasteiger partial charge in [-0.1, -0.05) is 40.5 Å². The van der Waals surface area contributed by atoms with Crippen molar-refractivity contribution >= 4 is 34.6 Å². The van der Waals surface area contributed by atoms with Crippen molar-refractivity contribution < 1.29 is 18.0 Å². The molecule has 25 heavy (non-hydrogen) atoms. The predicted molar refractivity (Wildman–Crippen MR) is 92.3 cm³/mol. The first-order chi connectivity index (χ1) is 11.7. The van der Waals surface area contributed by atoms with Crippen LogP contribution in [0, 0.1) is 6.92 Å². The Morgan fingerprint density at radius 2 is 1.72 bits per heavy atom. The zero-order chi connectivity index (χ0) is 18.4. The molecule has 0 fully saturated rings. The summed E-state index contributed by atoms with van der Waals surface area (Å²) in [5.74, 6) is -1.20. The van der Waals surface area contributed by atoms with Gasteiger partial charge >= 0.3 is 6.18 Å². The fraction of sp³-hybridized carbons (Fsp3) is 0.235. The second-order valence-electron chi connectivity index (χ2n) is 5.80. The Morgan fingerprint density at radius 1 is 1.08 bits per heavy atom. The number of anilines is 1. The fourth-order valence-electron chi connectivity index (χ4n) is 2.74. The standard InChI is InChI=1S/C17H13Cl2F3N2O/c1-8-2-3-9(6-13(8)23)15-14(16(25-24-15)17(20,21)22)10-4-11(18)7-12(19)5-10/h2-7,14,16H,23H2,1H3/t14?,16-/m0/s1. The number of benzene rings is 2. The van der Waals surface area contributed by atoms with E-state index in [9.17, 15) is 13.2 Å². The van der Waals surface area contributed by atoms with Gasteiger partial charge in [0.25, 0.3) is 0 Å². The van der Waals surface area contributed by atoms with Crippen molar-refractivity contribution in [2.24, 2.45) is 5.16 Å². The van der Waals surface area contributed by atoms with Gasteiger partial charge in [0.1, 0.15) is 0 Å². The lowest BCUT2D eigenvalue weighted by Gasteiger charge is -2.22. The molecule has 2 aromatic carbocycles. The summed E-state index contributed by atoms with van der Waals surface area (Å²) in [6.45, 7) is 1.80. The molecule has 1 aliphatic heterocycles. The molecular weight excluding hydrogens is 376 g/mol. The fourth-order valence-corrected chi connectivity index (χ4v) is 3.29. The maximum absolute atomic E-state index is 13.4. The minimum Gasteiger partial charge on any atom is -0.398 e. The Kier molecular flexibility index (Phi) is 4.60. The highest BCUT2D eigenvalue weighted by Gasteiger charge is 2.53. The molecule has 132 valence electrons. The highest BCUT2D eigenvalue weighted by molar-refractivity contribution is 6.34. The predicted octanol–water partition coefficient (Wildman–Crippen LogP) is 5.33. The molecule has 1 heterocycles. The number of oxime groups is 1. The Hall–Kier alpha value is -1.92. The number of alkyl halides is 3. The van der Waals surface area contributed by atoms with Gasteiger partial charge in [0.2, 0.25) is 6.10 Å². The highest BCUT2D eigenvalue weighted by atomic mass is 35.5. The maximum Gasteiger partial charge on any atom is 0.429 e. The van der Waals surface area contributed by atoms with Crippen LogP contribution in [-0.2, 0) is 4.84 Å². The molecule has 0 spiro atoms. The molecule has 3 rings (SSSR count).